The van der Waals surface area contributed by atoms with E-state index in [-0.39, 0.29) is 0 Å². The van der Waals surface area contributed by atoms with E-state index in [2.05, 4.69) is 4.72 Å². The summed E-state index contributed by atoms with van der Waals surface area (Å²) in [5.74, 6) is 0. The summed E-state index contributed by atoms with van der Waals surface area (Å²) >= 11 is 0. The van der Waals surface area contributed by atoms with Gasteiger partial charge in [0.05, 0.1) is 5.69 Å². The van der Waals surface area contributed by atoms with Crippen molar-refractivity contribution >= 4 is 15.9 Å². The van der Waals surface area contributed by atoms with E-state index in [0.29, 0.717) is 5.69 Å². The van der Waals surface area contributed by atoms with Gasteiger partial charge in [0.1, 0.15) is 0 Å². The van der Waals surface area contributed by atoms with Gasteiger partial charge in [0.25, 0.3) is 0 Å². The molecule has 1 aromatic rings. The first-order valence-electron chi connectivity index (χ1n) is 4.21. The third-order valence-corrected chi connectivity index (χ3v) is 3.43. The van der Waals surface area contributed by atoms with Crippen LogP contribution in [0.15, 0.2) is 24.3 Å². The van der Waals surface area contributed by atoms with Gasteiger partial charge in [-0.2, -0.15) is 8.42 Å². The van der Waals surface area contributed by atoms with Crippen LogP contribution in [0, 0.1) is 6.92 Å². The SMILES string of the molecule is CNS(=O)(=O)N(C)c1cccc(C)c1. The number of nitrogens with one attached hydrogen (secondary N) is 1. The normalized spacial score (nSPS) is 11.4. The van der Waals surface area contributed by atoms with Gasteiger partial charge in [0.15, 0.2) is 0 Å². The van der Waals surface area contributed by atoms with Crippen molar-refractivity contribution < 1.29 is 8.42 Å². The highest BCUT2D eigenvalue weighted by molar-refractivity contribution is 7.90. The molecule has 0 amide bonds. The van der Waals surface area contributed by atoms with Gasteiger partial charge in [0.2, 0.25) is 0 Å². The Hall–Kier alpha value is -1.07. The van der Waals surface area contributed by atoms with Gasteiger partial charge in [-0.15, -0.1) is 0 Å². The molecule has 1 N–H and O–H groups in total. The lowest BCUT2D eigenvalue weighted by molar-refractivity contribution is 0.586. The maximum Gasteiger partial charge on any atom is 0.301 e. The Morgan fingerprint density at radius 2 is 2.00 bits per heavy atom. The molecule has 0 aromatic heterocycles. The molecular formula is C9H14N2O2S. The van der Waals surface area contributed by atoms with Crippen LogP contribution >= 0.6 is 0 Å². The summed E-state index contributed by atoms with van der Waals surface area (Å²) in [5.41, 5.74) is 1.68. The summed E-state index contributed by atoms with van der Waals surface area (Å²) in [6.07, 6.45) is 0. The smallest absolute Gasteiger partial charge is 0.261 e. The van der Waals surface area contributed by atoms with Crippen LogP contribution in [0.3, 0.4) is 0 Å². The molecule has 0 heterocycles. The molecule has 78 valence electrons. The van der Waals surface area contributed by atoms with E-state index < -0.39 is 10.2 Å². The summed E-state index contributed by atoms with van der Waals surface area (Å²) in [7, 11) is -0.480. The van der Waals surface area contributed by atoms with Crippen molar-refractivity contribution in [1.82, 2.24) is 4.72 Å². The van der Waals surface area contributed by atoms with E-state index in [4.69, 9.17) is 0 Å². The fourth-order valence-electron chi connectivity index (χ4n) is 1.10. The first kappa shape index (κ1) is 11.0. The first-order valence-corrected chi connectivity index (χ1v) is 5.65. The van der Waals surface area contributed by atoms with Crippen LogP contribution in [0.25, 0.3) is 0 Å². The quantitative estimate of drug-likeness (QED) is 0.812. The Balaban J connectivity index is 3.07. The maximum absolute atomic E-state index is 11.4. The van der Waals surface area contributed by atoms with Crippen molar-refractivity contribution in [2.45, 2.75) is 6.92 Å². The molecule has 0 aliphatic rings. The third-order valence-electron chi connectivity index (χ3n) is 1.98. The molecule has 0 fully saturated rings. The number of anilines is 1. The lowest BCUT2D eigenvalue weighted by Gasteiger charge is -2.18. The van der Waals surface area contributed by atoms with E-state index in [0.717, 1.165) is 5.56 Å². The molecular weight excluding hydrogens is 200 g/mol. The van der Waals surface area contributed by atoms with E-state index in [1.165, 1.54) is 18.4 Å². The number of aryl methyl sites for hydroxylation is 1. The summed E-state index contributed by atoms with van der Waals surface area (Å²) in [6.45, 7) is 1.92. The zero-order valence-corrected chi connectivity index (χ0v) is 9.30. The monoisotopic (exact) mass is 214 g/mol. The molecule has 1 rings (SSSR count). The zero-order chi connectivity index (χ0) is 10.8. The van der Waals surface area contributed by atoms with Gasteiger partial charge in [-0.25, -0.2) is 4.72 Å². The van der Waals surface area contributed by atoms with Crippen LogP contribution in [0.5, 0.6) is 0 Å². The first-order chi connectivity index (χ1) is 6.47. The average Bonchev–Trinajstić information content (AvgIpc) is 2.16. The van der Waals surface area contributed by atoms with Crippen molar-refractivity contribution in [1.29, 1.82) is 0 Å². The molecule has 0 saturated carbocycles. The van der Waals surface area contributed by atoms with Gasteiger partial charge in [0, 0.05) is 14.1 Å². The van der Waals surface area contributed by atoms with Crippen LogP contribution in [0.2, 0.25) is 0 Å². The molecule has 5 heteroatoms. The maximum atomic E-state index is 11.4. The number of rotatable bonds is 3. The van der Waals surface area contributed by atoms with Crippen molar-refractivity contribution in [3.05, 3.63) is 29.8 Å². The molecule has 0 atom stereocenters. The Morgan fingerprint density at radius 3 is 2.50 bits per heavy atom. The largest absolute Gasteiger partial charge is 0.301 e. The van der Waals surface area contributed by atoms with E-state index >= 15 is 0 Å². The second-order valence-corrected chi connectivity index (χ2v) is 4.92. The van der Waals surface area contributed by atoms with E-state index in [9.17, 15) is 8.42 Å². The Labute approximate surface area is 84.7 Å². The highest BCUT2D eigenvalue weighted by Crippen LogP contribution is 2.16. The molecule has 0 spiro atoms. The minimum absolute atomic E-state index is 0.652. The lowest BCUT2D eigenvalue weighted by Crippen LogP contribution is -2.35. The van der Waals surface area contributed by atoms with Gasteiger partial charge in [-0.3, -0.25) is 4.31 Å². The Bertz CT molecular complexity index is 415. The average molecular weight is 214 g/mol. The zero-order valence-electron chi connectivity index (χ0n) is 8.48. The van der Waals surface area contributed by atoms with Crippen LogP contribution < -0.4 is 9.03 Å². The van der Waals surface area contributed by atoms with Gasteiger partial charge >= 0.3 is 10.2 Å². The number of hydrogen-bond donors (Lipinski definition) is 1. The number of benzene rings is 1. The van der Waals surface area contributed by atoms with Crippen molar-refractivity contribution in [3.8, 4) is 0 Å². The standard InChI is InChI=1S/C9H14N2O2S/c1-8-5-4-6-9(7-8)11(3)14(12,13)10-2/h4-7,10H,1-3H3. The van der Waals surface area contributed by atoms with Crippen LogP contribution in [0.4, 0.5) is 5.69 Å². The number of nitrogens with zero attached hydrogens (tertiary/aromatic N) is 1. The van der Waals surface area contributed by atoms with Gasteiger partial charge < -0.3 is 0 Å². The third kappa shape index (κ3) is 2.24. The van der Waals surface area contributed by atoms with Gasteiger partial charge in [-0.1, -0.05) is 12.1 Å². The summed E-state index contributed by atoms with van der Waals surface area (Å²) in [6, 6.07) is 7.31. The molecule has 0 unspecified atom stereocenters. The summed E-state index contributed by atoms with van der Waals surface area (Å²) < 4.78 is 26.3. The minimum Gasteiger partial charge on any atom is -0.261 e. The molecule has 0 aliphatic carbocycles. The van der Waals surface area contributed by atoms with Crippen LogP contribution in [-0.4, -0.2) is 22.5 Å². The second kappa shape index (κ2) is 3.98. The molecule has 0 radical (unpaired) electrons. The van der Waals surface area contributed by atoms with Crippen molar-refractivity contribution in [2.24, 2.45) is 0 Å². The van der Waals surface area contributed by atoms with Crippen LogP contribution in [-0.2, 0) is 10.2 Å². The van der Waals surface area contributed by atoms with Crippen molar-refractivity contribution in [3.63, 3.8) is 0 Å². The number of hydrogen-bond acceptors (Lipinski definition) is 2. The second-order valence-electron chi connectivity index (χ2n) is 3.02. The highest BCUT2D eigenvalue weighted by atomic mass is 32.2. The fraction of sp³-hybridized carbons (Fsp3) is 0.333. The predicted molar refractivity (Wildman–Crippen MR) is 57.6 cm³/mol. The topological polar surface area (TPSA) is 49.4 Å². The van der Waals surface area contributed by atoms with E-state index in [1.54, 1.807) is 6.07 Å². The Kier molecular flexibility index (Phi) is 3.13. The minimum atomic E-state index is -3.38. The highest BCUT2D eigenvalue weighted by Gasteiger charge is 2.14. The molecule has 4 nitrogen and oxygen atoms in total. The van der Waals surface area contributed by atoms with Gasteiger partial charge in [-0.05, 0) is 24.6 Å². The van der Waals surface area contributed by atoms with Crippen molar-refractivity contribution in [2.75, 3.05) is 18.4 Å². The molecule has 0 aliphatic heterocycles. The Morgan fingerprint density at radius 1 is 1.36 bits per heavy atom. The van der Waals surface area contributed by atoms with E-state index in [1.807, 2.05) is 25.1 Å². The molecule has 14 heavy (non-hydrogen) atoms. The molecule has 1 aromatic carbocycles. The molecule has 0 saturated heterocycles. The predicted octanol–water partition coefficient (Wildman–Crippen LogP) is 0.895. The summed E-state index contributed by atoms with van der Waals surface area (Å²) in [4.78, 5) is 0. The van der Waals surface area contributed by atoms with Crippen LogP contribution in [0.1, 0.15) is 5.56 Å². The molecule has 0 bridgehead atoms. The fourth-order valence-corrected chi connectivity index (χ4v) is 1.76. The lowest BCUT2D eigenvalue weighted by atomic mass is 10.2. The summed E-state index contributed by atoms with van der Waals surface area (Å²) in [5, 5.41) is 0.